The summed E-state index contributed by atoms with van der Waals surface area (Å²) in [5.74, 6) is 0. The van der Waals surface area contributed by atoms with Gasteiger partial charge in [0.05, 0.1) is 0 Å². The second-order valence-electron chi connectivity index (χ2n) is 2.30. The Hall–Kier alpha value is 0.504. The second kappa shape index (κ2) is 5.64. The third-order valence-electron chi connectivity index (χ3n) is 0.566. The Labute approximate surface area is 63.7 Å². The molecule has 2 nitrogen and oxygen atoms in total. The van der Waals surface area contributed by atoms with Gasteiger partial charge in [0.25, 0.3) is 0 Å². The van der Waals surface area contributed by atoms with Gasteiger partial charge < -0.3 is 0 Å². The van der Waals surface area contributed by atoms with E-state index in [0.717, 1.165) is 6.67 Å². The zero-order valence-corrected chi connectivity index (χ0v) is 7.45. The van der Waals surface area contributed by atoms with Crippen LogP contribution in [0.25, 0.3) is 0 Å². The Bertz CT molecular complexity index is 39.7. The normalized spacial score (nSPS) is 9.75. The van der Waals surface area contributed by atoms with Crippen molar-refractivity contribution < 1.29 is 18.6 Å². The number of hydrogen-bond acceptors (Lipinski definition) is 2. The zero-order chi connectivity index (χ0) is 5.86. The Balaban J connectivity index is 0. The second-order valence-corrected chi connectivity index (χ2v) is 2.30. The third kappa shape index (κ3) is 9.71. The summed E-state index contributed by atoms with van der Waals surface area (Å²) in [5, 5.41) is 0. The molecule has 0 aliphatic rings. The average Bonchev–Trinajstić information content (AvgIpc) is 1.27. The SMILES string of the molecule is CN(C)CN(C)C.[V]. The van der Waals surface area contributed by atoms with Gasteiger partial charge in [-0.1, -0.05) is 0 Å². The first-order chi connectivity index (χ1) is 3.13. The molecule has 0 amide bonds. The molecule has 0 aromatic carbocycles. The predicted octanol–water partition coefficient (Wildman–Crippen LogP) is 0.0646. The maximum atomic E-state index is 2.12. The van der Waals surface area contributed by atoms with Gasteiger partial charge in [-0.15, -0.1) is 0 Å². The van der Waals surface area contributed by atoms with Crippen molar-refractivity contribution in [1.29, 1.82) is 0 Å². The molecule has 0 fully saturated rings. The van der Waals surface area contributed by atoms with E-state index in [1.54, 1.807) is 0 Å². The van der Waals surface area contributed by atoms with Gasteiger partial charge in [-0.3, -0.25) is 9.80 Å². The summed E-state index contributed by atoms with van der Waals surface area (Å²) < 4.78 is 0. The summed E-state index contributed by atoms with van der Waals surface area (Å²) in [4.78, 5) is 4.25. The largest absolute Gasteiger partial charge is 0.297 e. The molecule has 0 aliphatic carbocycles. The molecule has 0 heterocycles. The van der Waals surface area contributed by atoms with E-state index in [1.807, 2.05) is 0 Å². The molecule has 0 atom stereocenters. The monoisotopic (exact) mass is 153 g/mol. The molecule has 0 N–H and O–H groups in total. The van der Waals surface area contributed by atoms with Crippen LogP contribution in [-0.4, -0.2) is 44.7 Å². The molecule has 0 aliphatic heterocycles. The number of rotatable bonds is 2. The van der Waals surface area contributed by atoms with Crippen molar-refractivity contribution in [3.8, 4) is 0 Å². The van der Waals surface area contributed by atoms with E-state index in [0.29, 0.717) is 0 Å². The topological polar surface area (TPSA) is 6.48 Å². The van der Waals surface area contributed by atoms with E-state index < -0.39 is 0 Å². The van der Waals surface area contributed by atoms with E-state index in [9.17, 15) is 0 Å². The Morgan fingerprint density at radius 2 is 1.12 bits per heavy atom. The third-order valence-corrected chi connectivity index (χ3v) is 0.566. The summed E-state index contributed by atoms with van der Waals surface area (Å²) in [6, 6.07) is 0. The maximum absolute atomic E-state index is 2.12. The molecule has 0 bridgehead atoms. The van der Waals surface area contributed by atoms with Crippen molar-refractivity contribution in [3.05, 3.63) is 0 Å². The number of hydrogen-bond donors (Lipinski definition) is 0. The van der Waals surface area contributed by atoms with Gasteiger partial charge in [0.15, 0.2) is 0 Å². The quantitative estimate of drug-likeness (QED) is 0.518. The smallest absolute Gasteiger partial charge is 0.0495 e. The number of nitrogens with zero attached hydrogens (tertiary/aromatic N) is 2. The van der Waals surface area contributed by atoms with Crippen LogP contribution < -0.4 is 0 Å². The zero-order valence-electron chi connectivity index (χ0n) is 6.05. The van der Waals surface area contributed by atoms with Gasteiger partial charge in [0.2, 0.25) is 0 Å². The minimum atomic E-state index is 0. The van der Waals surface area contributed by atoms with Crippen LogP contribution in [0.1, 0.15) is 0 Å². The molecule has 0 saturated heterocycles. The van der Waals surface area contributed by atoms with Crippen molar-refractivity contribution in [2.45, 2.75) is 0 Å². The van der Waals surface area contributed by atoms with E-state index in [-0.39, 0.29) is 18.6 Å². The summed E-state index contributed by atoms with van der Waals surface area (Å²) in [5.41, 5.74) is 0. The van der Waals surface area contributed by atoms with Crippen LogP contribution in [0.15, 0.2) is 0 Å². The van der Waals surface area contributed by atoms with E-state index >= 15 is 0 Å². The first kappa shape index (κ1) is 11.3. The first-order valence-corrected chi connectivity index (χ1v) is 2.42. The molecule has 0 rings (SSSR count). The Morgan fingerprint density at radius 3 is 1.12 bits per heavy atom. The van der Waals surface area contributed by atoms with Gasteiger partial charge in [-0.05, 0) is 28.2 Å². The fourth-order valence-corrected chi connectivity index (χ4v) is 0.566. The van der Waals surface area contributed by atoms with Crippen LogP contribution >= 0.6 is 0 Å². The van der Waals surface area contributed by atoms with Crippen LogP contribution in [0.2, 0.25) is 0 Å². The molecule has 0 unspecified atom stereocenters. The van der Waals surface area contributed by atoms with Gasteiger partial charge in [0.1, 0.15) is 0 Å². The summed E-state index contributed by atoms with van der Waals surface area (Å²) >= 11 is 0. The van der Waals surface area contributed by atoms with Crippen molar-refractivity contribution >= 4 is 0 Å². The molecule has 8 heavy (non-hydrogen) atoms. The van der Waals surface area contributed by atoms with E-state index in [4.69, 9.17) is 0 Å². The van der Waals surface area contributed by atoms with Crippen LogP contribution in [-0.2, 0) is 18.6 Å². The van der Waals surface area contributed by atoms with Crippen molar-refractivity contribution in [2.24, 2.45) is 0 Å². The standard InChI is InChI=1S/C5H14N2.V/c1-6(2)5-7(3)4;/h5H2,1-4H3;. The molecule has 0 spiro atoms. The fraction of sp³-hybridized carbons (Fsp3) is 1.00. The predicted molar refractivity (Wildman–Crippen MR) is 32.2 cm³/mol. The molecular weight excluding hydrogens is 139 g/mol. The average molecular weight is 153 g/mol. The summed E-state index contributed by atoms with van der Waals surface area (Å²) in [7, 11) is 8.22. The van der Waals surface area contributed by atoms with Crippen molar-refractivity contribution in [3.63, 3.8) is 0 Å². The molecule has 0 aromatic heterocycles. The minimum absolute atomic E-state index is 0. The van der Waals surface area contributed by atoms with E-state index in [1.165, 1.54) is 0 Å². The van der Waals surface area contributed by atoms with Gasteiger partial charge in [0, 0.05) is 25.2 Å². The fourth-order valence-electron chi connectivity index (χ4n) is 0.566. The summed E-state index contributed by atoms with van der Waals surface area (Å²) in [6.45, 7) is 1.03. The molecule has 3 heteroatoms. The molecular formula is C5H14N2V. The molecule has 1 radical (unpaired) electrons. The van der Waals surface area contributed by atoms with E-state index in [2.05, 4.69) is 38.0 Å². The molecule has 0 saturated carbocycles. The first-order valence-electron chi connectivity index (χ1n) is 2.42. The maximum Gasteiger partial charge on any atom is 0.0495 e. The molecule has 49 valence electrons. The van der Waals surface area contributed by atoms with Crippen LogP contribution in [0, 0.1) is 0 Å². The van der Waals surface area contributed by atoms with Gasteiger partial charge in [-0.2, -0.15) is 0 Å². The van der Waals surface area contributed by atoms with Crippen molar-refractivity contribution in [1.82, 2.24) is 9.80 Å². The van der Waals surface area contributed by atoms with Crippen LogP contribution in [0.4, 0.5) is 0 Å². The molecule has 0 aromatic rings. The minimum Gasteiger partial charge on any atom is -0.297 e. The Kier molecular flexibility index (Phi) is 7.98. The van der Waals surface area contributed by atoms with Crippen LogP contribution in [0.5, 0.6) is 0 Å². The summed E-state index contributed by atoms with van der Waals surface area (Å²) in [6.07, 6.45) is 0. The van der Waals surface area contributed by atoms with Crippen molar-refractivity contribution in [2.75, 3.05) is 34.9 Å². The Morgan fingerprint density at radius 1 is 0.875 bits per heavy atom. The van der Waals surface area contributed by atoms with Gasteiger partial charge >= 0.3 is 0 Å². The van der Waals surface area contributed by atoms with Gasteiger partial charge in [-0.25, -0.2) is 0 Å². The van der Waals surface area contributed by atoms with Crippen LogP contribution in [0.3, 0.4) is 0 Å².